The molecular weight excluding hydrogens is 323 g/mol. The van der Waals surface area contributed by atoms with Crippen molar-refractivity contribution < 1.29 is 22.3 Å². The van der Waals surface area contributed by atoms with E-state index in [4.69, 9.17) is 5.73 Å². The summed E-state index contributed by atoms with van der Waals surface area (Å²) in [5, 5.41) is 0. The topological polar surface area (TPSA) is 89.7 Å². The first-order valence-corrected chi connectivity index (χ1v) is 8.92. The van der Waals surface area contributed by atoms with Crippen LogP contribution in [0.25, 0.3) is 0 Å². The molecule has 1 aliphatic heterocycles. The van der Waals surface area contributed by atoms with Crippen molar-refractivity contribution in [1.29, 1.82) is 0 Å². The minimum Gasteiger partial charge on any atom is -0.465 e. The van der Waals surface area contributed by atoms with Crippen LogP contribution in [0.4, 0.5) is 4.39 Å². The molecule has 6 nitrogen and oxygen atoms in total. The predicted octanol–water partition coefficient (Wildman–Crippen LogP) is 0.970. The minimum atomic E-state index is -3.98. The summed E-state index contributed by atoms with van der Waals surface area (Å²) >= 11 is 0. The number of nitrogens with zero attached hydrogens (tertiary/aromatic N) is 1. The molecule has 1 saturated heterocycles. The Kier molecular flexibility index (Phi) is 4.16. The fourth-order valence-electron chi connectivity index (χ4n) is 3.59. The first-order valence-electron chi connectivity index (χ1n) is 7.48. The number of halogens is 1. The first-order chi connectivity index (χ1) is 10.8. The SMILES string of the molecule is COC(=O)c1ccc(F)cc1S(=O)(=O)N1CC2CCC(N)C2C1. The molecule has 126 valence electrons. The molecule has 2 fully saturated rings. The molecule has 1 heterocycles. The van der Waals surface area contributed by atoms with Gasteiger partial charge < -0.3 is 10.5 Å². The van der Waals surface area contributed by atoms with E-state index in [1.165, 1.54) is 4.31 Å². The minimum absolute atomic E-state index is 0.00668. The molecule has 2 N–H and O–H groups in total. The van der Waals surface area contributed by atoms with Crippen LogP contribution in [0.2, 0.25) is 0 Å². The lowest BCUT2D eigenvalue weighted by atomic mass is 9.98. The molecule has 23 heavy (non-hydrogen) atoms. The highest BCUT2D eigenvalue weighted by Crippen LogP contribution is 2.39. The zero-order chi connectivity index (χ0) is 16.8. The number of carbonyl (C=O) groups excluding carboxylic acids is 1. The predicted molar refractivity (Wildman–Crippen MR) is 80.7 cm³/mol. The molecular formula is C15H19FN2O4S. The van der Waals surface area contributed by atoms with Gasteiger partial charge in [-0.1, -0.05) is 0 Å². The van der Waals surface area contributed by atoms with Crippen LogP contribution < -0.4 is 5.73 Å². The summed E-state index contributed by atoms with van der Waals surface area (Å²) in [6.07, 6.45) is 1.79. The van der Waals surface area contributed by atoms with Crippen molar-refractivity contribution in [3.63, 3.8) is 0 Å². The van der Waals surface area contributed by atoms with Gasteiger partial charge in [0.2, 0.25) is 10.0 Å². The van der Waals surface area contributed by atoms with E-state index >= 15 is 0 Å². The third-order valence-electron chi connectivity index (χ3n) is 4.85. The van der Waals surface area contributed by atoms with Crippen molar-refractivity contribution in [2.45, 2.75) is 23.8 Å². The second-order valence-corrected chi connectivity index (χ2v) is 8.03. The summed E-state index contributed by atoms with van der Waals surface area (Å²) in [6, 6.07) is 3.04. The van der Waals surface area contributed by atoms with Gasteiger partial charge in [-0.2, -0.15) is 4.31 Å². The Balaban J connectivity index is 1.98. The average molecular weight is 342 g/mol. The molecule has 0 radical (unpaired) electrons. The van der Waals surface area contributed by atoms with Gasteiger partial charge in [0.25, 0.3) is 0 Å². The van der Waals surface area contributed by atoms with E-state index in [0.29, 0.717) is 13.1 Å². The van der Waals surface area contributed by atoms with Gasteiger partial charge in [-0.15, -0.1) is 0 Å². The molecule has 2 aliphatic rings. The van der Waals surface area contributed by atoms with Crippen LogP contribution in [-0.4, -0.2) is 44.9 Å². The fraction of sp³-hybridized carbons (Fsp3) is 0.533. The van der Waals surface area contributed by atoms with Crippen LogP contribution in [-0.2, 0) is 14.8 Å². The lowest BCUT2D eigenvalue weighted by Gasteiger charge is -2.20. The number of rotatable bonds is 3. The smallest absolute Gasteiger partial charge is 0.339 e. The van der Waals surface area contributed by atoms with Gasteiger partial charge in [0.05, 0.1) is 17.6 Å². The van der Waals surface area contributed by atoms with Crippen LogP contribution in [0.1, 0.15) is 23.2 Å². The summed E-state index contributed by atoms with van der Waals surface area (Å²) in [4.78, 5) is 11.5. The highest BCUT2D eigenvalue weighted by molar-refractivity contribution is 7.89. The zero-order valence-corrected chi connectivity index (χ0v) is 13.6. The van der Waals surface area contributed by atoms with Crippen molar-refractivity contribution in [2.75, 3.05) is 20.2 Å². The van der Waals surface area contributed by atoms with E-state index in [-0.39, 0.29) is 28.3 Å². The molecule has 1 aromatic rings. The Morgan fingerprint density at radius 2 is 2.09 bits per heavy atom. The second-order valence-electron chi connectivity index (χ2n) is 6.12. The number of hydrogen-bond donors (Lipinski definition) is 1. The van der Waals surface area contributed by atoms with Gasteiger partial charge in [0.1, 0.15) is 5.82 Å². The molecule has 8 heteroatoms. The number of sulfonamides is 1. The third-order valence-corrected chi connectivity index (χ3v) is 6.72. The fourth-order valence-corrected chi connectivity index (χ4v) is 5.32. The Morgan fingerprint density at radius 3 is 2.74 bits per heavy atom. The number of ether oxygens (including phenoxy) is 1. The number of carbonyl (C=O) groups is 1. The van der Waals surface area contributed by atoms with Crippen molar-refractivity contribution in [1.82, 2.24) is 4.31 Å². The Morgan fingerprint density at radius 1 is 1.35 bits per heavy atom. The summed E-state index contributed by atoms with van der Waals surface area (Å²) in [5.41, 5.74) is 5.88. The Bertz CT molecular complexity index is 737. The molecule has 1 aromatic carbocycles. The highest BCUT2D eigenvalue weighted by Gasteiger charge is 2.45. The highest BCUT2D eigenvalue weighted by atomic mass is 32.2. The van der Waals surface area contributed by atoms with E-state index in [1.54, 1.807) is 0 Å². The quantitative estimate of drug-likeness (QED) is 0.827. The van der Waals surface area contributed by atoms with Crippen LogP contribution in [0.3, 0.4) is 0 Å². The lowest BCUT2D eigenvalue weighted by molar-refractivity contribution is 0.0596. The monoisotopic (exact) mass is 342 g/mol. The van der Waals surface area contributed by atoms with Gasteiger partial charge in [0.15, 0.2) is 0 Å². The van der Waals surface area contributed by atoms with Crippen LogP contribution in [0.5, 0.6) is 0 Å². The number of nitrogens with two attached hydrogens (primary N) is 1. The van der Waals surface area contributed by atoms with Gasteiger partial charge >= 0.3 is 5.97 Å². The zero-order valence-electron chi connectivity index (χ0n) is 12.7. The van der Waals surface area contributed by atoms with Gasteiger partial charge in [-0.3, -0.25) is 0 Å². The van der Waals surface area contributed by atoms with Gasteiger partial charge in [-0.25, -0.2) is 17.6 Å². The summed E-state index contributed by atoms with van der Waals surface area (Å²) < 4.78 is 45.2. The molecule has 1 saturated carbocycles. The maximum Gasteiger partial charge on any atom is 0.339 e. The normalized spacial score (nSPS) is 27.9. The summed E-state index contributed by atoms with van der Waals surface area (Å²) in [5.74, 6) is -1.16. The van der Waals surface area contributed by atoms with E-state index in [2.05, 4.69) is 4.74 Å². The average Bonchev–Trinajstić information content (AvgIpc) is 3.09. The van der Waals surface area contributed by atoms with Crippen molar-refractivity contribution >= 4 is 16.0 Å². The van der Waals surface area contributed by atoms with Gasteiger partial charge in [-0.05, 0) is 42.9 Å². The van der Waals surface area contributed by atoms with Crippen LogP contribution in [0.15, 0.2) is 23.1 Å². The number of methoxy groups -OCH3 is 1. The van der Waals surface area contributed by atoms with E-state index in [0.717, 1.165) is 38.2 Å². The molecule has 3 rings (SSSR count). The maximum atomic E-state index is 13.6. The molecule has 0 spiro atoms. The maximum absolute atomic E-state index is 13.6. The largest absolute Gasteiger partial charge is 0.465 e. The van der Waals surface area contributed by atoms with E-state index in [9.17, 15) is 17.6 Å². The molecule has 0 aromatic heterocycles. The summed E-state index contributed by atoms with van der Waals surface area (Å²) in [6.45, 7) is 0.670. The second kappa shape index (κ2) is 5.85. The van der Waals surface area contributed by atoms with Crippen LogP contribution in [0, 0.1) is 17.7 Å². The molecule has 3 atom stereocenters. The lowest BCUT2D eigenvalue weighted by Crippen LogP contribution is -2.34. The van der Waals surface area contributed by atoms with Crippen LogP contribution >= 0.6 is 0 Å². The Labute approximate surface area is 134 Å². The molecule has 0 bridgehead atoms. The Hall–Kier alpha value is -1.51. The number of fused-ring (bicyclic) bond motifs is 1. The molecule has 1 aliphatic carbocycles. The van der Waals surface area contributed by atoms with Gasteiger partial charge in [0, 0.05) is 19.1 Å². The van der Waals surface area contributed by atoms with E-state index < -0.39 is 21.8 Å². The van der Waals surface area contributed by atoms with Crippen molar-refractivity contribution in [2.24, 2.45) is 17.6 Å². The summed E-state index contributed by atoms with van der Waals surface area (Å²) in [7, 11) is -2.82. The number of benzene rings is 1. The van der Waals surface area contributed by atoms with E-state index in [1.807, 2.05) is 0 Å². The number of hydrogen-bond acceptors (Lipinski definition) is 5. The van der Waals surface area contributed by atoms with Crippen molar-refractivity contribution in [3.8, 4) is 0 Å². The number of esters is 1. The molecule has 0 amide bonds. The molecule has 3 unspecified atom stereocenters. The van der Waals surface area contributed by atoms with Crippen molar-refractivity contribution in [3.05, 3.63) is 29.6 Å². The standard InChI is InChI=1S/C15H19FN2O4S/c1-22-15(19)11-4-3-10(16)6-14(11)23(20,21)18-7-9-2-5-13(17)12(9)8-18/h3-4,6,9,12-13H,2,5,7-8,17H2,1H3. The third kappa shape index (κ3) is 2.75. The first kappa shape index (κ1) is 16.4.